The average Bonchev–Trinajstić information content (AvgIpc) is 2.46. The molecule has 126 valence electrons. The monoisotopic (exact) mass is 302 g/mol. The molecular formula is C17H34O4. The zero-order chi connectivity index (χ0) is 15.5. The largest absolute Gasteiger partial charge is 0.390 e. The van der Waals surface area contributed by atoms with Gasteiger partial charge in [0.1, 0.15) is 6.10 Å². The van der Waals surface area contributed by atoms with Gasteiger partial charge in [0.25, 0.3) is 0 Å². The van der Waals surface area contributed by atoms with Crippen molar-refractivity contribution in [1.82, 2.24) is 0 Å². The zero-order valence-corrected chi connectivity index (χ0v) is 13.8. The maximum atomic E-state index is 9.67. The van der Waals surface area contributed by atoms with Crippen molar-refractivity contribution in [1.29, 1.82) is 0 Å². The number of ether oxygens (including phenoxy) is 2. The normalized spacial score (nSPS) is 29.7. The highest BCUT2D eigenvalue weighted by atomic mass is 16.7. The first-order valence-electron chi connectivity index (χ1n) is 8.78. The van der Waals surface area contributed by atoms with E-state index >= 15 is 0 Å². The third kappa shape index (κ3) is 8.15. The van der Waals surface area contributed by atoms with Crippen molar-refractivity contribution >= 4 is 0 Å². The molecule has 1 heterocycles. The fourth-order valence-corrected chi connectivity index (χ4v) is 2.76. The molecule has 0 saturated carbocycles. The third-order valence-electron chi connectivity index (χ3n) is 4.23. The summed E-state index contributed by atoms with van der Waals surface area (Å²) in [5.74, 6) is 0. The van der Waals surface area contributed by atoms with Crippen LogP contribution in [0, 0.1) is 0 Å². The van der Waals surface area contributed by atoms with Crippen molar-refractivity contribution in [2.24, 2.45) is 0 Å². The molecule has 1 fully saturated rings. The van der Waals surface area contributed by atoms with Gasteiger partial charge in [0.05, 0.1) is 12.2 Å². The third-order valence-corrected chi connectivity index (χ3v) is 4.23. The van der Waals surface area contributed by atoms with E-state index in [2.05, 4.69) is 6.92 Å². The van der Waals surface area contributed by atoms with Crippen LogP contribution in [-0.2, 0) is 9.47 Å². The highest BCUT2D eigenvalue weighted by molar-refractivity contribution is 4.79. The lowest BCUT2D eigenvalue weighted by Gasteiger charge is -2.35. The van der Waals surface area contributed by atoms with Gasteiger partial charge >= 0.3 is 0 Å². The standard InChI is InChI=1S/C17H34O4/c1-3-4-5-6-7-8-9-10-11-12-20-16-13-15(18)17(19)14(2)21-16/h14-19H,3-13H2,1-2H3/t14-,15-,16+,17-/m1/s1. The number of hydrogen-bond acceptors (Lipinski definition) is 4. The van der Waals surface area contributed by atoms with E-state index in [-0.39, 0.29) is 12.4 Å². The van der Waals surface area contributed by atoms with E-state index in [9.17, 15) is 10.2 Å². The molecular weight excluding hydrogens is 268 g/mol. The minimum atomic E-state index is -0.794. The quantitative estimate of drug-likeness (QED) is 0.574. The predicted molar refractivity (Wildman–Crippen MR) is 84.1 cm³/mol. The fraction of sp³-hybridized carbons (Fsp3) is 1.00. The Morgan fingerprint density at radius 2 is 1.52 bits per heavy atom. The van der Waals surface area contributed by atoms with Crippen LogP contribution in [0.5, 0.6) is 0 Å². The van der Waals surface area contributed by atoms with Crippen LogP contribution in [0.3, 0.4) is 0 Å². The molecule has 1 aliphatic heterocycles. The molecule has 0 radical (unpaired) electrons. The Morgan fingerprint density at radius 3 is 2.10 bits per heavy atom. The van der Waals surface area contributed by atoms with Gasteiger partial charge in [0.15, 0.2) is 6.29 Å². The van der Waals surface area contributed by atoms with Gasteiger partial charge in [-0.15, -0.1) is 0 Å². The Morgan fingerprint density at radius 1 is 0.952 bits per heavy atom. The summed E-state index contributed by atoms with van der Waals surface area (Å²) in [7, 11) is 0. The summed E-state index contributed by atoms with van der Waals surface area (Å²) in [6.45, 7) is 4.69. The molecule has 0 aromatic carbocycles. The maximum absolute atomic E-state index is 9.67. The average molecular weight is 302 g/mol. The highest BCUT2D eigenvalue weighted by Gasteiger charge is 2.34. The minimum Gasteiger partial charge on any atom is -0.390 e. The molecule has 2 N–H and O–H groups in total. The van der Waals surface area contributed by atoms with Crippen molar-refractivity contribution in [3.05, 3.63) is 0 Å². The number of aliphatic hydroxyl groups is 2. The summed E-state index contributed by atoms with van der Waals surface area (Å²) < 4.78 is 11.2. The minimum absolute atomic E-state index is 0.359. The summed E-state index contributed by atoms with van der Waals surface area (Å²) in [5, 5.41) is 19.2. The lowest BCUT2D eigenvalue weighted by Crippen LogP contribution is -2.47. The van der Waals surface area contributed by atoms with Crippen molar-refractivity contribution in [2.75, 3.05) is 6.61 Å². The van der Waals surface area contributed by atoms with Gasteiger partial charge in [0, 0.05) is 13.0 Å². The first kappa shape index (κ1) is 18.9. The zero-order valence-electron chi connectivity index (χ0n) is 13.8. The van der Waals surface area contributed by atoms with Crippen LogP contribution in [0.4, 0.5) is 0 Å². The lowest BCUT2D eigenvalue weighted by molar-refractivity contribution is -0.246. The van der Waals surface area contributed by atoms with E-state index in [1.54, 1.807) is 6.92 Å². The molecule has 0 unspecified atom stereocenters. The van der Waals surface area contributed by atoms with Crippen molar-refractivity contribution in [3.8, 4) is 0 Å². The number of unbranched alkanes of at least 4 members (excludes halogenated alkanes) is 8. The van der Waals surface area contributed by atoms with Gasteiger partial charge in [-0.2, -0.15) is 0 Å². The Balaban J connectivity index is 1.90. The molecule has 4 heteroatoms. The van der Waals surface area contributed by atoms with E-state index in [0.717, 1.165) is 6.42 Å². The van der Waals surface area contributed by atoms with Crippen LogP contribution in [0.15, 0.2) is 0 Å². The van der Waals surface area contributed by atoms with Gasteiger partial charge in [-0.25, -0.2) is 0 Å². The molecule has 0 amide bonds. The molecule has 1 rings (SSSR count). The second-order valence-corrected chi connectivity index (χ2v) is 6.26. The smallest absolute Gasteiger partial charge is 0.160 e. The fourth-order valence-electron chi connectivity index (χ4n) is 2.76. The van der Waals surface area contributed by atoms with E-state index in [1.165, 1.54) is 51.4 Å². The molecule has 4 atom stereocenters. The summed E-state index contributed by atoms with van der Waals surface area (Å²) in [6, 6.07) is 0. The Labute approximate surface area is 129 Å². The van der Waals surface area contributed by atoms with Gasteiger partial charge in [-0.3, -0.25) is 0 Å². The van der Waals surface area contributed by atoms with Gasteiger partial charge < -0.3 is 19.7 Å². The molecule has 21 heavy (non-hydrogen) atoms. The topological polar surface area (TPSA) is 58.9 Å². The van der Waals surface area contributed by atoms with Crippen LogP contribution in [0.1, 0.15) is 78.1 Å². The first-order valence-corrected chi connectivity index (χ1v) is 8.78. The predicted octanol–water partition coefficient (Wildman–Crippen LogP) is 3.39. The van der Waals surface area contributed by atoms with Gasteiger partial charge in [0.2, 0.25) is 0 Å². The summed E-state index contributed by atoms with van der Waals surface area (Å²) in [6.07, 6.45) is 9.74. The molecule has 0 aromatic rings. The highest BCUT2D eigenvalue weighted by Crippen LogP contribution is 2.21. The van der Waals surface area contributed by atoms with Crippen LogP contribution < -0.4 is 0 Å². The SMILES string of the molecule is CCCCCCCCCCCO[C@@H]1C[C@@H](O)[C@H](O)[C@@H](C)O1. The Hall–Kier alpha value is -0.160. The summed E-state index contributed by atoms with van der Waals surface area (Å²) >= 11 is 0. The second kappa shape index (κ2) is 11.4. The molecule has 4 nitrogen and oxygen atoms in total. The Kier molecular flexibility index (Phi) is 10.3. The van der Waals surface area contributed by atoms with E-state index < -0.39 is 12.2 Å². The van der Waals surface area contributed by atoms with E-state index in [0.29, 0.717) is 13.0 Å². The molecule has 0 bridgehead atoms. The van der Waals surface area contributed by atoms with Crippen molar-refractivity contribution in [2.45, 2.75) is 103 Å². The van der Waals surface area contributed by atoms with E-state index in [1.807, 2.05) is 0 Å². The molecule has 1 saturated heterocycles. The van der Waals surface area contributed by atoms with Crippen molar-refractivity contribution in [3.63, 3.8) is 0 Å². The van der Waals surface area contributed by atoms with Gasteiger partial charge in [-0.1, -0.05) is 58.3 Å². The van der Waals surface area contributed by atoms with Crippen molar-refractivity contribution < 1.29 is 19.7 Å². The number of hydrogen-bond donors (Lipinski definition) is 2. The van der Waals surface area contributed by atoms with Crippen LogP contribution in [0.2, 0.25) is 0 Å². The number of aliphatic hydroxyl groups excluding tert-OH is 2. The first-order chi connectivity index (χ1) is 10.1. The molecule has 0 aromatic heterocycles. The second-order valence-electron chi connectivity index (χ2n) is 6.26. The lowest BCUT2D eigenvalue weighted by atomic mass is 10.0. The maximum Gasteiger partial charge on any atom is 0.160 e. The van der Waals surface area contributed by atoms with E-state index in [4.69, 9.17) is 9.47 Å². The summed E-state index contributed by atoms with van der Waals surface area (Å²) in [5.41, 5.74) is 0. The molecule has 1 aliphatic rings. The van der Waals surface area contributed by atoms with Gasteiger partial charge in [-0.05, 0) is 13.3 Å². The van der Waals surface area contributed by atoms with Crippen LogP contribution in [0.25, 0.3) is 0 Å². The van der Waals surface area contributed by atoms with Crippen LogP contribution in [-0.4, -0.2) is 41.4 Å². The van der Waals surface area contributed by atoms with Crippen LogP contribution >= 0.6 is 0 Å². The molecule has 0 spiro atoms. The summed E-state index contributed by atoms with van der Waals surface area (Å²) in [4.78, 5) is 0. The molecule has 0 aliphatic carbocycles. The Bertz CT molecular complexity index is 235. The number of rotatable bonds is 11.